The van der Waals surface area contributed by atoms with Crippen LogP contribution in [0.3, 0.4) is 0 Å². The van der Waals surface area contributed by atoms with Gasteiger partial charge in [-0.2, -0.15) is 0 Å². The van der Waals surface area contributed by atoms with Crippen LogP contribution in [0.25, 0.3) is 0 Å². The van der Waals surface area contributed by atoms with E-state index in [1.165, 1.54) is 6.42 Å². The maximum absolute atomic E-state index is 12.3. The third-order valence-corrected chi connectivity index (χ3v) is 6.26. The molecule has 0 amide bonds. The topological polar surface area (TPSA) is 94.8 Å². The van der Waals surface area contributed by atoms with E-state index in [9.17, 15) is 19.8 Å². The SMILES string of the molecule is C=CCC(O)(CC=C[C@H]1[C@H](O)CC(=O)[C@@H]1CCCCCCC(=O)O)CCCCCC. The Morgan fingerprint density at radius 3 is 2.50 bits per heavy atom. The molecule has 0 bridgehead atoms. The molecule has 1 aliphatic rings. The molecule has 0 heterocycles. The van der Waals surface area contributed by atoms with Crippen LogP contribution in [0.5, 0.6) is 0 Å². The van der Waals surface area contributed by atoms with Crippen LogP contribution in [0.1, 0.15) is 96.8 Å². The lowest BCUT2D eigenvalue weighted by Gasteiger charge is -2.26. The monoisotopic (exact) mass is 422 g/mol. The van der Waals surface area contributed by atoms with Gasteiger partial charge < -0.3 is 15.3 Å². The van der Waals surface area contributed by atoms with Crippen molar-refractivity contribution < 1.29 is 24.9 Å². The molecule has 5 nitrogen and oxygen atoms in total. The molecule has 0 radical (unpaired) electrons. The number of carboxylic acids is 1. The quantitative estimate of drug-likeness (QED) is 0.221. The molecule has 4 atom stereocenters. The van der Waals surface area contributed by atoms with Crippen LogP contribution in [0.4, 0.5) is 0 Å². The van der Waals surface area contributed by atoms with E-state index in [2.05, 4.69) is 13.5 Å². The van der Waals surface area contributed by atoms with Crippen LogP contribution >= 0.6 is 0 Å². The van der Waals surface area contributed by atoms with Gasteiger partial charge in [0.1, 0.15) is 5.78 Å². The summed E-state index contributed by atoms with van der Waals surface area (Å²) in [5, 5.41) is 30.0. The second-order valence-corrected chi connectivity index (χ2v) is 8.93. The lowest BCUT2D eigenvalue weighted by molar-refractivity contribution is -0.137. The first-order valence-corrected chi connectivity index (χ1v) is 11.8. The Bertz CT molecular complexity index is 556. The number of rotatable bonds is 17. The third kappa shape index (κ3) is 10.0. The van der Waals surface area contributed by atoms with Gasteiger partial charge in [0, 0.05) is 24.7 Å². The molecule has 0 aliphatic heterocycles. The van der Waals surface area contributed by atoms with Gasteiger partial charge in [0.25, 0.3) is 0 Å². The zero-order valence-corrected chi connectivity index (χ0v) is 18.7. The molecule has 172 valence electrons. The first-order chi connectivity index (χ1) is 14.3. The van der Waals surface area contributed by atoms with E-state index in [4.69, 9.17) is 5.11 Å². The van der Waals surface area contributed by atoms with Gasteiger partial charge in [-0.1, -0.05) is 70.1 Å². The van der Waals surface area contributed by atoms with E-state index in [0.29, 0.717) is 19.3 Å². The number of carboxylic acid groups (broad SMARTS) is 1. The number of carbonyl (C=O) groups is 2. The molecule has 3 N–H and O–H groups in total. The molecule has 1 aliphatic carbocycles. The minimum absolute atomic E-state index is 0.114. The maximum Gasteiger partial charge on any atom is 0.303 e. The van der Waals surface area contributed by atoms with Gasteiger partial charge >= 0.3 is 5.97 Å². The molecule has 0 aromatic rings. The highest BCUT2D eigenvalue weighted by Crippen LogP contribution is 2.35. The van der Waals surface area contributed by atoms with Crippen molar-refractivity contribution in [1.82, 2.24) is 0 Å². The molecule has 0 spiro atoms. The summed E-state index contributed by atoms with van der Waals surface area (Å²) in [6.45, 7) is 5.94. The number of aliphatic hydroxyl groups excluding tert-OH is 1. The lowest BCUT2D eigenvalue weighted by Crippen LogP contribution is -2.27. The van der Waals surface area contributed by atoms with Crippen molar-refractivity contribution in [2.24, 2.45) is 11.8 Å². The number of aliphatic hydroxyl groups is 2. The Balaban J connectivity index is 2.54. The number of hydrogen-bond acceptors (Lipinski definition) is 4. The molecular weight excluding hydrogens is 380 g/mol. The van der Waals surface area contributed by atoms with Gasteiger partial charge in [-0.15, -0.1) is 6.58 Å². The lowest BCUT2D eigenvalue weighted by atomic mass is 9.86. The van der Waals surface area contributed by atoms with E-state index in [0.717, 1.165) is 51.4 Å². The summed E-state index contributed by atoms with van der Waals surface area (Å²) in [5.41, 5.74) is -0.806. The fourth-order valence-corrected chi connectivity index (χ4v) is 4.47. The Hall–Kier alpha value is -1.46. The van der Waals surface area contributed by atoms with Crippen molar-refractivity contribution in [3.63, 3.8) is 0 Å². The van der Waals surface area contributed by atoms with Gasteiger partial charge in [0.05, 0.1) is 11.7 Å². The van der Waals surface area contributed by atoms with Crippen LogP contribution < -0.4 is 0 Å². The van der Waals surface area contributed by atoms with Crippen molar-refractivity contribution in [3.8, 4) is 0 Å². The molecule has 1 unspecified atom stereocenters. The maximum atomic E-state index is 12.3. The fraction of sp³-hybridized carbons (Fsp3) is 0.760. The van der Waals surface area contributed by atoms with E-state index >= 15 is 0 Å². The standard InChI is InChI=1S/C25H42O5/c1-3-5-6-11-17-25(30,16-4-2)18-12-14-21-20(22(26)19-23(21)27)13-9-7-8-10-15-24(28)29/h4,12,14,20-21,23,27,30H,2-3,5-11,13,15-19H2,1H3,(H,28,29)/t20-,21-,23-,25?/m1/s1. The van der Waals surface area contributed by atoms with E-state index < -0.39 is 17.7 Å². The van der Waals surface area contributed by atoms with E-state index in [1.54, 1.807) is 6.08 Å². The molecule has 1 rings (SSSR count). The minimum Gasteiger partial charge on any atom is -0.481 e. The van der Waals surface area contributed by atoms with Crippen LogP contribution in [0.2, 0.25) is 0 Å². The third-order valence-electron chi connectivity index (χ3n) is 6.26. The van der Waals surface area contributed by atoms with Gasteiger partial charge in [0.15, 0.2) is 0 Å². The summed E-state index contributed by atoms with van der Waals surface area (Å²) < 4.78 is 0. The summed E-state index contributed by atoms with van der Waals surface area (Å²) in [4.78, 5) is 22.9. The van der Waals surface area contributed by atoms with Gasteiger partial charge in [-0.25, -0.2) is 0 Å². The molecule has 30 heavy (non-hydrogen) atoms. The molecule has 0 saturated heterocycles. The second kappa shape index (κ2) is 14.5. The van der Waals surface area contributed by atoms with Crippen molar-refractivity contribution >= 4 is 11.8 Å². The van der Waals surface area contributed by atoms with E-state index in [1.807, 2.05) is 12.2 Å². The van der Waals surface area contributed by atoms with Crippen molar-refractivity contribution in [2.45, 2.75) is 109 Å². The van der Waals surface area contributed by atoms with Crippen LogP contribution in [-0.2, 0) is 9.59 Å². The highest BCUT2D eigenvalue weighted by Gasteiger charge is 2.39. The number of unbranched alkanes of at least 4 members (excludes halogenated alkanes) is 6. The average molecular weight is 423 g/mol. The first-order valence-electron chi connectivity index (χ1n) is 11.8. The fourth-order valence-electron chi connectivity index (χ4n) is 4.47. The number of hydrogen-bond donors (Lipinski definition) is 3. The second-order valence-electron chi connectivity index (χ2n) is 8.93. The molecule has 5 heteroatoms. The zero-order valence-electron chi connectivity index (χ0n) is 18.7. The number of Topliss-reactive ketones (excluding diaryl/α,β-unsaturated/α-hetero) is 1. The first kappa shape index (κ1) is 26.6. The minimum atomic E-state index is -0.806. The van der Waals surface area contributed by atoms with Gasteiger partial charge in [0.2, 0.25) is 0 Å². The summed E-state index contributed by atoms with van der Waals surface area (Å²) in [7, 11) is 0. The Morgan fingerprint density at radius 2 is 1.83 bits per heavy atom. The Kier molecular flexibility index (Phi) is 12.9. The van der Waals surface area contributed by atoms with Gasteiger partial charge in [-0.3, -0.25) is 9.59 Å². The van der Waals surface area contributed by atoms with Gasteiger partial charge in [-0.05, 0) is 32.1 Å². The van der Waals surface area contributed by atoms with Crippen molar-refractivity contribution in [2.75, 3.05) is 0 Å². The largest absolute Gasteiger partial charge is 0.481 e. The molecule has 0 aromatic heterocycles. The average Bonchev–Trinajstić information content (AvgIpc) is 2.95. The smallest absolute Gasteiger partial charge is 0.303 e. The highest BCUT2D eigenvalue weighted by molar-refractivity contribution is 5.84. The summed E-state index contributed by atoms with van der Waals surface area (Å²) in [5.74, 6) is -1.02. The molecular formula is C25H42O5. The highest BCUT2D eigenvalue weighted by atomic mass is 16.4. The predicted octanol–water partition coefficient (Wildman–Crippen LogP) is 5.20. The van der Waals surface area contributed by atoms with Crippen LogP contribution in [-0.4, -0.2) is 38.8 Å². The molecule has 1 fully saturated rings. The van der Waals surface area contributed by atoms with Crippen molar-refractivity contribution in [1.29, 1.82) is 0 Å². The van der Waals surface area contributed by atoms with E-state index in [-0.39, 0.29) is 30.5 Å². The molecule has 0 aromatic carbocycles. The number of carbonyl (C=O) groups excluding carboxylic acids is 1. The van der Waals surface area contributed by atoms with Crippen LogP contribution in [0, 0.1) is 11.8 Å². The number of aliphatic carboxylic acids is 1. The summed E-state index contributed by atoms with van der Waals surface area (Å²) >= 11 is 0. The number of ketones is 1. The summed E-state index contributed by atoms with van der Waals surface area (Å²) in [6.07, 6.45) is 15.6. The Morgan fingerprint density at radius 1 is 1.13 bits per heavy atom. The van der Waals surface area contributed by atoms with Crippen molar-refractivity contribution in [3.05, 3.63) is 24.8 Å². The van der Waals surface area contributed by atoms with Crippen LogP contribution in [0.15, 0.2) is 24.8 Å². The zero-order chi connectivity index (χ0) is 22.4. The Labute approximate surface area is 182 Å². The normalized spacial score (nSPS) is 23.7. The predicted molar refractivity (Wildman–Crippen MR) is 120 cm³/mol. The molecule has 1 saturated carbocycles. The summed E-state index contributed by atoms with van der Waals surface area (Å²) in [6, 6.07) is 0.